The maximum absolute atomic E-state index is 12.9. The van der Waals surface area contributed by atoms with E-state index in [9.17, 15) is 18.0 Å². The maximum atomic E-state index is 12.9. The van der Waals surface area contributed by atoms with E-state index >= 15 is 0 Å². The number of hydrogen-bond acceptors (Lipinski definition) is 6. The molecular formula is C27H26ClN5O5S. The molecule has 0 aliphatic carbocycles. The number of sulfonamides is 1. The topological polar surface area (TPSA) is 131 Å². The molecular weight excluding hydrogens is 542 g/mol. The zero-order valence-corrected chi connectivity index (χ0v) is 22.4. The number of amides is 3. The number of urea groups is 1. The van der Waals surface area contributed by atoms with E-state index in [0.29, 0.717) is 34.2 Å². The number of carbonyl (C=O) groups is 2. The fraction of sp³-hybridized carbons (Fsp3) is 0.148. The quantitative estimate of drug-likeness (QED) is 0.266. The molecule has 0 bridgehead atoms. The molecule has 10 nitrogen and oxygen atoms in total. The molecule has 1 unspecified atom stereocenters. The van der Waals surface area contributed by atoms with Crippen LogP contribution in [0.15, 0.2) is 91.3 Å². The van der Waals surface area contributed by atoms with Crippen LogP contribution in [-0.4, -0.2) is 37.2 Å². The third-order valence-electron chi connectivity index (χ3n) is 5.64. The summed E-state index contributed by atoms with van der Waals surface area (Å²) in [6.45, 7) is 0. The van der Waals surface area contributed by atoms with Crippen molar-refractivity contribution in [3.05, 3.63) is 113 Å². The summed E-state index contributed by atoms with van der Waals surface area (Å²) < 4.78 is 33.9. The molecule has 1 atom stereocenters. The smallest absolute Gasteiger partial charge is 0.411 e. The number of halogens is 1. The van der Waals surface area contributed by atoms with Crippen molar-refractivity contribution in [2.75, 3.05) is 12.4 Å². The number of aromatic nitrogens is 2. The number of imidazole rings is 1. The number of ether oxygens (including phenoxy) is 1. The first-order valence-electron chi connectivity index (χ1n) is 11.8. The molecule has 202 valence electrons. The fourth-order valence-corrected chi connectivity index (χ4v) is 5.18. The van der Waals surface area contributed by atoms with Gasteiger partial charge in [0.15, 0.2) is 0 Å². The molecule has 0 aliphatic rings. The number of nitrogens with one attached hydrogen (secondary N) is 3. The number of anilines is 1. The minimum atomic E-state index is -4.01. The van der Waals surface area contributed by atoms with E-state index in [1.165, 1.54) is 13.2 Å². The van der Waals surface area contributed by atoms with Crippen molar-refractivity contribution in [2.24, 2.45) is 0 Å². The summed E-state index contributed by atoms with van der Waals surface area (Å²) in [6.07, 6.45) is 3.07. The van der Waals surface area contributed by atoms with Gasteiger partial charge in [0.05, 0.1) is 18.9 Å². The highest BCUT2D eigenvalue weighted by Crippen LogP contribution is 2.22. The molecule has 3 amide bonds. The van der Waals surface area contributed by atoms with Crippen molar-refractivity contribution >= 4 is 39.4 Å². The molecule has 0 spiro atoms. The van der Waals surface area contributed by atoms with Crippen LogP contribution in [0.1, 0.15) is 23.0 Å². The van der Waals surface area contributed by atoms with Gasteiger partial charge in [-0.3, -0.25) is 5.32 Å². The second-order valence-electron chi connectivity index (χ2n) is 8.53. The van der Waals surface area contributed by atoms with Crippen molar-refractivity contribution in [3.8, 4) is 5.69 Å². The molecule has 4 aromatic rings. The highest BCUT2D eigenvalue weighted by atomic mass is 35.5. The largest absolute Gasteiger partial charge is 0.453 e. The van der Waals surface area contributed by atoms with Crippen LogP contribution >= 0.6 is 11.6 Å². The minimum absolute atomic E-state index is 0.349. The Hall–Kier alpha value is -4.35. The third-order valence-corrected chi connectivity index (χ3v) is 7.09. The molecule has 0 aliphatic heterocycles. The van der Waals surface area contributed by atoms with E-state index in [2.05, 4.69) is 25.1 Å². The minimum Gasteiger partial charge on any atom is -0.453 e. The second kappa shape index (κ2) is 12.5. The van der Waals surface area contributed by atoms with Crippen molar-refractivity contribution in [3.63, 3.8) is 0 Å². The van der Waals surface area contributed by atoms with Crippen LogP contribution in [-0.2, 0) is 26.9 Å². The molecule has 0 saturated heterocycles. The number of hydrogen-bond donors (Lipinski definition) is 3. The van der Waals surface area contributed by atoms with Gasteiger partial charge in [-0.2, -0.15) is 0 Å². The van der Waals surface area contributed by atoms with Gasteiger partial charge in [0.25, 0.3) is 0 Å². The summed E-state index contributed by atoms with van der Waals surface area (Å²) in [7, 11) is -2.73. The van der Waals surface area contributed by atoms with Crippen LogP contribution in [0.4, 0.5) is 15.3 Å². The van der Waals surface area contributed by atoms with Crippen LogP contribution in [0, 0.1) is 0 Å². The average molecular weight is 568 g/mol. The summed E-state index contributed by atoms with van der Waals surface area (Å²) in [4.78, 5) is 28.9. The Labute approximate surface area is 231 Å². The first-order valence-corrected chi connectivity index (χ1v) is 13.8. The van der Waals surface area contributed by atoms with E-state index in [0.717, 1.165) is 5.56 Å². The Kier molecular flexibility index (Phi) is 8.84. The van der Waals surface area contributed by atoms with E-state index in [-0.39, 0.29) is 0 Å². The summed E-state index contributed by atoms with van der Waals surface area (Å²) in [5.74, 6) is 0.0696. The predicted molar refractivity (Wildman–Crippen MR) is 148 cm³/mol. The van der Waals surface area contributed by atoms with Gasteiger partial charge >= 0.3 is 12.1 Å². The number of carbonyl (C=O) groups excluding carboxylic acids is 2. The monoisotopic (exact) mass is 567 g/mol. The molecule has 3 N–H and O–H groups in total. The molecule has 0 radical (unpaired) electrons. The molecule has 39 heavy (non-hydrogen) atoms. The Morgan fingerprint density at radius 1 is 1.00 bits per heavy atom. The van der Waals surface area contributed by atoms with E-state index in [1.807, 2.05) is 30.3 Å². The SMILES string of the molecule is COC(=O)Nc1ccc(-n2ccnc2C(Cc2ccccc2)NC(=O)NS(=O)(=O)Cc2cccc(Cl)c2)cc1. The van der Waals surface area contributed by atoms with Crippen LogP contribution in [0.25, 0.3) is 5.69 Å². The highest BCUT2D eigenvalue weighted by molar-refractivity contribution is 7.89. The highest BCUT2D eigenvalue weighted by Gasteiger charge is 2.24. The molecule has 12 heteroatoms. The zero-order chi connectivity index (χ0) is 27.8. The van der Waals surface area contributed by atoms with Crippen molar-refractivity contribution in [2.45, 2.75) is 18.2 Å². The number of rotatable bonds is 9. The van der Waals surface area contributed by atoms with Crippen LogP contribution < -0.4 is 15.4 Å². The van der Waals surface area contributed by atoms with Crippen molar-refractivity contribution in [1.29, 1.82) is 0 Å². The van der Waals surface area contributed by atoms with Gasteiger partial charge in [0.2, 0.25) is 10.0 Å². The standard InChI is InChI=1S/C27H26ClN5O5S/c1-38-27(35)30-22-10-12-23(13-11-22)33-15-14-29-25(33)24(17-19-6-3-2-4-7-19)31-26(34)32-39(36,37)18-20-8-5-9-21(28)16-20/h2-16,24H,17-18H2,1H3,(H,30,35)(H2,31,32,34). The van der Waals surface area contributed by atoms with Crippen LogP contribution in [0.5, 0.6) is 0 Å². The lowest BCUT2D eigenvalue weighted by atomic mass is 10.1. The predicted octanol–water partition coefficient (Wildman–Crippen LogP) is 4.82. The van der Waals surface area contributed by atoms with E-state index < -0.39 is 33.9 Å². The lowest BCUT2D eigenvalue weighted by Crippen LogP contribution is -2.42. The first-order chi connectivity index (χ1) is 18.7. The Balaban J connectivity index is 1.56. The molecule has 1 aromatic heterocycles. The first kappa shape index (κ1) is 27.7. The summed E-state index contributed by atoms with van der Waals surface area (Å²) >= 11 is 5.96. The second-order valence-corrected chi connectivity index (χ2v) is 10.7. The lowest BCUT2D eigenvalue weighted by Gasteiger charge is -2.21. The van der Waals surface area contributed by atoms with Gasteiger partial charge in [0.1, 0.15) is 5.82 Å². The average Bonchev–Trinajstić information content (AvgIpc) is 3.38. The number of nitrogens with zero attached hydrogens (tertiary/aromatic N) is 2. The van der Waals surface area contributed by atoms with Gasteiger partial charge < -0.3 is 14.6 Å². The summed E-state index contributed by atoms with van der Waals surface area (Å²) in [5, 5.41) is 5.75. The molecule has 3 aromatic carbocycles. The van der Waals surface area contributed by atoms with Crippen LogP contribution in [0.3, 0.4) is 0 Å². The Morgan fingerprint density at radius 3 is 2.41 bits per heavy atom. The van der Waals surface area contributed by atoms with E-state index in [1.54, 1.807) is 59.4 Å². The van der Waals surface area contributed by atoms with E-state index in [4.69, 9.17) is 11.6 Å². The third kappa shape index (κ3) is 7.82. The van der Waals surface area contributed by atoms with Gasteiger partial charge in [-0.25, -0.2) is 27.7 Å². The summed E-state index contributed by atoms with van der Waals surface area (Å²) in [6, 6.07) is 21.2. The molecule has 0 saturated carbocycles. The number of benzene rings is 3. The fourth-order valence-electron chi connectivity index (χ4n) is 3.93. The normalized spacial score (nSPS) is 11.8. The van der Waals surface area contributed by atoms with Crippen LogP contribution in [0.2, 0.25) is 5.02 Å². The lowest BCUT2D eigenvalue weighted by molar-refractivity contribution is 0.187. The number of methoxy groups -OCH3 is 1. The van der Waals surface area contributed by atoms with Gasteiger partial charge in [-0.15, -0.1) is 0 Å². The van der Waals surface area contributed by atoms with Crippen molar-refractivity contribution < 1.29 is 22.7 Å². The maximum Gasteiger partial charge on any atom is 0.411 e. The molecule has 0 fully saturated rings. The van der Waals surface area contributed by atoms with Crippen molar-refractivity contribution in [1.82, 2.24) is 19.6 Å². The van der Waals surface area contributed by atoms with Gasteiger partial charge in [-0.05, 0) is 53.9 Å². The Bertz CT molecular complexity index is 1540. The molecule has 4 rings (SSSR count). The Morgan fingerprint density at radius 2 is 1.72 bits per heavy atom. The molecule has 1 heterocycles. The van der Waals surface area contributed by atoms with Gasteiger partial charge in [0, 0.05) is 28.8 Å². The van der Waals surface area contributed by atoms with Gasteiger partial charge in [-0.1, -0.05) is 54.1 Å². The zero-order valence-electron chi connectivity index (χ0n) is 20.9. The summed E-state index contributed by atoms with van der Waals surface area (Å²) in [5.41, 5.74) is 2.61.